The molecule has 0 saturated carbocycles. The van der Waals surface area contributed by atoms with Crippen LogP contribution in [0.25, 0.3) is 0 Å². The quantitative estimate of drug-likeness (QED) is 0.462. The first-order valence-corrected chi connectivity index (χ1v) is 7.62. The van der Waals surface area contributed by atoms with E-state index in [0.717, 1.165) is 6.42 Å². The van der Waals surface area contributed by atoms with Gasteiger partial charge in [-0.2, -0.15) is 0 Å². The van der Waals surface area contributed by atoms with Gasteiger partial charge in [-0.1, -0.05) is 32.6 Å². The Hall–Kier alpha value is 0.0569. The molecule has 92 valence electrons. The summed E-state index contributed by atoms with van der Waals surface area (Å²) in [6.45, 7) is 2.90. The molecule has 0 rings (SSSR count). The van der Waals surface area contributed by atoms with E-state index in [-0.39, 0.29) is 0 Å². The first kappa shape index (κ1) is 15.1. The lowest BCUT2D eigenvalue weighted by atomic mass is 10.2. The minimum Gasteiger partial charge on any atom is -0.376 e. The molecule has 0 aromatic rings. The van der Waals surface area contributed by atoms with Crippen molar-refractivity contribution in [3.05, 3.63) is 0 Å². The summed E-state index contributed by atoms with van der Waals surface area (Å²) in [5.41, 5.74) is 5.58. The van der Waals surface area contributed by atoms with Crippen LogP contribution in [0.5, 0.6) is 0 Å². The fourth-order valence-electron chi connectivity index (χ4n) is 1.36. The van der Waals surface area contributed by atoms with Crippen LogP contribution >= 0.6 is 0 Å². The second-order valence-corrected chi connectivity index (χ2v) is 6.44. The second kappa shape index (κ2) is 9.29. The summed E-state index contributed by atoms with van der Waals surface area (Å²) in [6.07, 6.45) is 6.44. The Labute approximate surface area is 94.5 Å². The van der Waals surface area contributed by atoms with Crippen LogP contribution in [-0.2, 0) is 13.3 Å². The molecule has 0 atom stereocenters. The molecule has 0 radical (unpaired) electrons. The fourth-order valence-corrected chi connectivity index (χ4v) is 2.67. The fraction of sp³-hybridized carbons (Fsp3) is 1.00. The highest BCUT2D eigenvalue weighted by Gasteiger charge is 2.36. The molecule has 0 bridgehead atoms. The van der Waals surface area contributed by atoms with Gasteiger partial charge in [0.15, 0.2) is 0 Å². The standard InChI is InChI=1S/C10H25NO3Si/c1-4-5-6-7-8-9-14-15(10-11,12-2)13-3/h4-11H2,1-3H3. The van der Waals surface area contributed by atoms with Crippen LogP contribution in [0.4, 0.5) is 0 Å². The molecule has 0 saturated heterocycles. The lowest BCUT2D eigenvalue weighted by Crippen LogP contribution is -2.51. The van der Waals surface area contributed by atoms with Gasteiger partial charge in [0.2, 0.25) is 0 Å². The van der Waals surface area contributed by atoms with Crippen LogP contribution in [0.15, 0.2) is 0 Å². The number of hydrogen-bond acceptors (Lipinski definition) is 4. The number of nitrogens with two attached hydrogens (primary N) is 1. The van der Waals surface area contributed by atoms with Gasteiger partial charge in [-0.05, 0) is 6.42 Å². The van der Waals surface area contributed by atoms with E-state index in [9.17, 15) is 0 Å². The summed E-state index contributed by atoms with van der Waals surface area (Å²) in [4.78, 5) is 0. The molecule has 0 amide bonds. The highest BCUT2D eigenvalue weighted by atomic mass is 28.4. The number of hydrogen-bond donors (Lipinski definition) is 1. The van der Waals surface area contributed by atoms with Gasteiger partial charge in [-0.3, -0.25) is 0 Å². The van der Waals surface area contributed by atoms with Crippen molar-refractivity contribution in [2.24, 2.45) is 5.73 Å². The van der Waals surface area contributed by atoms with E-state index in [0.29, 0.717) is 12.8 Å². The van der Waals surface area contributed by atoms with Gasteiger partial charge in [-0.25, -0.2) is 0 Å². The summed E-state index contributed by atoms with van der Waals surface area (Å²) in [6, 6.07) is 0. The van der Waals surface area contributed by atoms with E-state index in [1.165, 1.54) is 25.7 Å². The molecule has 0 aliphatic heterocycles. The molecule has 0 aromatic heterocycles. The Balaban J connectivity index is 3.54. The molecule has 5 heteroatoms. The first-order valence-electron chi connectivity index (χ1n) is 5.69. The Bertz CT molecular complexity index is 134. The molecule has 15 heavy (non-hydrogen) atoms. The molecule has 0 spiro atoms. The third-order valence-electron chi connectivity index (χ3n) is 2.44. The van der Waals surface area contributed by atoms with Gasteiger partial charge in [-0.15, -0.1) is 0 Å². The minimum absolute atomic E-state index is 0.342. The highest BCUT2D eigenvalue weighted by Crippen LogP contribution is 2.08. The second-order valence-electron chi connectivity index (χ2n) is 3.56. The number of rotatable bonds is 10. The van der Waals surface area contributed by atoms with Gasteiger partial charge in [0.25, 0.3) is 0 Å². The lowest BCUT2D eigenvalue weighted by Gasteiger charge is -2.24. The third kappa shape index (κ3) is 6.27. The zero-order valence-corrected chi connectivity index (χ0v) is 11.3. The van der Waals surface area contributed by atoms with Crippen molar-refractivity contribution in [2.45, 2.75) is 39.0 Å². The molecule has 4 nitrogen and oxygen atoms in total. The van der Waals surface area contributed by atoms with Gasteiger partial charge in [0, 0.05) is 20.8 Å². The van der Waals surface area contributed by atoms with Crippen LogP contribution in [0, 0.1) is 0 Å². The normalized spacial score (nSPS) is 12.0. The topological polar surface area (TPSA) is 53.7 Å². The van der Waals surface area contributed by atoms with Gasteiger partial charge >= 0.3 is 8.80 Å². The van der Waals surface area contributed by atoms with Crippen molar-refractivity contribution in [3.63, 3.8) is 0 Å². The molecule has 0 fully saturated rings. The van der Waals surface area contributed by atoms with Crippen molar-refractivity contribution in [3.8, 4) is 0 Å². The van der Waals surface area contributed by atoms with Crippen molar-refractivity contribution in [1.82, 2.24) is 0 Å². The molecule has 0 aliphatic carbocycles. The molecule has 2 N–H and O–H groups in total. The largest absolute Gasteiger partial charge is 0.514 e. The Morgan fingerprint density at radius 1 is 1.00 bits per heavy atom. The molecule has 0 aromatic carbocycles. The monoisotopic (exact) mass is 235 g/mol. The van der Waals surface area contributed by atoms with E-state index in [1.54, 1.807) is 14.2 Å². The smallest absolute Gasteiger partial charge is 0.376 e. The van der Waals surface area contributed by atoms with E-state index in [2.05, 4.69) is 6.92 Å². The van der Waals surface area contributed by atoms with Crippen molar-refractivity contribution in [1.29, 1.82) is 0 Å². The summed E-state index contributed by atoms with van der Waals surface area (Å²) in [7, 11) is 0.686. The highest BCUT2D eigenvalue weighted by molar-refractivity contribution is 6.60. The zero-order valence-electron chi connectivity index (χ0n) is 10.3. The lowest BCUT2D eigenvalue weighted by molar-refractivity contribution is 0.0978. The Morgan fingerprint density at radius 3 is 2.07 bits per heavy atom. The van der Waals surface area contributed by atoms with Gasteiger partial charge < -0.3 is 19.0 Å². The molecule has 0 unspecified atom stereocenters. The van der Waals surface area contributed by atoms with Crippen LogP contribution in [0.3, 0.4) is 0 Å². The van der Waals surface area contributed by atoms with E-state index in [4.69, 9.17) is 19.0 Å². The summed E-state index contributed by atoms with van der Waals surface area (Å²) >= 11 is 0. The molecular formula is C10H25NO3Si. The maximum atomic E-state index is 5.63. The SMILES string of the molecule is CCCCCCCO[Si](CN)(OC)OC. The molecular weight excluding hydrogens is 210 g/mol. The molecule has 0 aliphatic rings. The van der Waals surface area contributed by atoms with Crippen molar-refractivity contribution in [2.75, 3.05) is 27.0 Å². The maximum absolute atomic E-state index is 5.63. The van der Waals surface area contributed by atoms with Gasteiger partial charge in [0.05, 0.1) is 6.17 Å². The van der Waals surface area contributed by atoms with Crippen LogP contribution in [0.1, 0.15) is 39.0 Å². The minimum atomic E-state index is -2.51. The van der Waals surface area contributed by atoms with Crippen LogP contribution in [-0.4, -0.2) is 35.8 Å². The van der Waals surface area contributed by atoms with E-state index < -0.39 is 8.80 Å². The van der Waals surface area contributed by atoms with Gasteiger partial charge in [0.1, 0.15) is 0 Å². The van der Waals surface area contributed by atoms with E-state index >= 15 is 0 Å². The Kier molecular flexibility index (Phi) is 9.33. The zero-order chi connectivity index (χ0) is 11.6. The predicted molar refractivity (Wildman–Crippen MR) is 63.5 cm³/mol. The maximum Gasteiger partial charge on any atom is 0.514 e. The van der Waals surface area contributed by atoms with Crippen molar-refractivity contribution < 1.29 is 13.3 Å². The summed E-state index contributed by atoms with van der Waals surface area (Å²) in [5.74, 6) is 0. The van der Waals surface area contributed by atoms with Crippen LogP contribution in [0.2, 0.25) is 0 Å². The number of unbranched alkanes of at least 4 members (excludes halogenated alkanes) is 4. The average molecular weight is 235 g/mol. The average Bonchev–Trinajstić information content (AvgIpc) is 2.29. The third-order valence-corrected chi connectivity index (χ3v) is 4.83. The summed E-state index contributed by atoms with van der Waals surface area (Å²) < 4.78 is 16.1. The van der Waals surface area contributed by atoms with E-state index in [1.807, 2.05) is 0 Å². The Morgan fingerprint density at radius 2 is 1.60 bits per heavy atom. The first-order chi connectivity index (χ1) is 7.24. The summed E-state index contributed by atoms with van der Waals surface area (Å²) in [5, 5.41) is 0. The predicted octanol–water partition coefficient (Wildman–Crippen LogP) is 1.70. The van der Waals surface area contributed by atoms with Crippen LogP contribution < -0.4 is 5.73 Å². The molecule has 0 heterocycles. The van der Waals surface area contributed by atoms with Crippen molar-refractivity contribution >= 4 is 8.80 Å².